The Hall–Kier alpha value is -1.04. The van der Waals surface area contributed by atoms with Crippen LogP contribution in [-0.4, -0.2) is 5.91 Å². The van der Waals surface area contributed by atoms with Crippen LogP contribution in [0.5, 0.6) is 0 Å². The Morgan fingerprint density at radius 1 is 1.20 bits per heavy atom. The van der Waals surface area contributed by atoms with Gasteiger partial charge in [0.2, 0.25) is 0 Å². The number of hydrogen-bond donors (Lipinski definition) is 2. The summed E-state index contributed by atoms with van der Waals surface area (Å²) in [6.07, 6.45) is 0. The Morgan fingerprint density at radius 3 is 2.35 bits per heavy atom. The molecular formula is C14H11Br2ClN2O. The molecule has 0 heterocycles. The summed E-state index contributed by atoms with van der Waals surface area (Å²) in [6, 6.07) is 8.60. The fourth-order valence-electron chi connectivity index (χ4n) is 1.68. The first-order valence-electron chi connectivity index (χ1n) is 5.70. The number of rotatable bonds is 2. The van der Waals surface area contributed by atoms with Crippen molar-refractivity contribution in [2.45, 2.75) is 6.92 Å². The Bertz CT molecular complexity index is 666. The first kappa shape index (κ1) is 15.4. The van der Waals surface area contributed by atoms with Crippen LogP contribution in [0.15, 0.2) is 39.3 Å². The largest absolute Gasteiger partial charge is 0.399 e. The van der Waals surface area contributed by atoms with Crippen LogP contribution in [0.25, 0.3) is 0 Å². The molecule has 0 aliphatic carbocycles. The van der Waals surface area contributed by atoms with Crippen LogP contribution in [0.3, 0.4) is 0 Å². The zero-order valence-corrected chi connectivity index (χ0v) is 14.4. The van der Waals surface area contributed by atoms with E-state index in [0.29, 0.717) is 30.9 Å². The zero-order chi connectivity index (χ0) is 14.9. The van der Waals surface area contributed by atoms with Crippen LogP contribution in [0.4, 0.5) is 11.4 Å². The summed E-state index contributed by atoms with van der Waals surface area (Å²) < 4.78 is 1.42. The van der Waals surface area contributed by atoms with Gasteiger partial charge < -0.3 is 11.1 Å². The second kappa shape index (κ2) is 6.16. The van der Waals surface area contributed by atoms with Crippen LogP contribution < -0.4 is 11.1 Å². The third kappa shape index (κ3) is 3.34. The molecule has 2 aromatic rings. The van der Waals surface area contributed by atoms with E-state index in [-0.39, 0.29) is 5.91 Å². The molecule has 0 fully saturated rings. The van der Waals surface area contributed by atoms with E-state index in [1.165, 1.54) is 0 Å². The summed E-state index contributed by atoms with van der Waals surface area (Å²) in [5.74, 6) is -0.212. The minimum Gasteiger partial charge on any atom is -0.399 e. The van der Waals surface area contributed by atoms with Gasteiger partial charge in [-0.05, 0) is 74.7 Å². The summed E-state index contributed by atoms with van der Waals surface area (Å²) in [5, 5.41) is 3.47. The molecule has 0 bridgehead atoms. The van der Waals surface area contributed by atoms with Gasteiger partial charge in [0.15, 0.2) is 0 Å². The summed E-state index contributed by atoms with van der Waals surface area (Å²) >= 11 is 12.7. The molecule has 0 saturated heterocycles. The van der Waals surface area contributed by atoms with Gasteiger partial charge in [-0.1, -0.05) is 11.6 Å². The van der Waals surface area contributed by atoms with Crippen molar-refractivity contribution in [3.05, 3.63) is 55.4 Å². The summed E-state index contributed by atoms with van der Waals surface area (Å²) in [4.78, 5) is 12.2. The highest BCUT2D eigenvalue weighted by Gasteiger charge is 2.12. The van der Waals surface area contributed by atoms with Crippen molar-refractivity contribution < 1.29 is 4.79 Å². The predicted octanol–water partition coefficient (Wildman–Crippen LogP) is 5.01. The number of amides is 1. The second-order valence-corrected chi connectivity index (χ2v) is 6.39. The van der Waals surface area contributed by atoms with Crippen molar-refractivity contribution in [2.75, 3.05) is 11.1 Å². The molecule has 3 N–H and O–H groups in total. The molecule has 1 amide bonds. The monoisotopic (exact) mass is 416 g/mol. The van der Waals surface area contributed by atoms with Gasteiger partial charge in [-0.25, -0.2) is 0 Å². The fraction of sp³-hybridized carbons (Fsp3) is 0.0714. The van der Waals surface area contributed by atoms with E-state index in [2.05, 4.69) is 37.2 Å². The lowest BCUT2D eigenvalue weighted by Gasteiger charge is -2.11. The Morgan fingerprint density at radius 2 is 1.80 bits per heavy atom. The fourth-order valence-corrected chi connectivity index (χ4v) is 3.22. The van der Waals surface area contributed by atoms with Crippen molar-refractivity contribution in [1.29, 1.82) is 0 Å². The van der Waals surface area contributed by atoms with E-state index < -0.39 is 0 Å². The molecule has 0 atom stereocenters. The lowest BCUT2D eigenvalue weighted by molar-refractivity contribution is 0.102. The predicted molar refractivity (Wildman–Crippen MR) is 90.4 cm³/mol. The summed E-state index contributed by atoms with van der Waals surface area (Å²) in [7, 11) is 0. The average Bonchev–Trinajstić information content (AvgIpc) is 2.36. The van der Waals surface area contributed by atoms with Crippen molar-refractivity contribution in [3.63, 3.8) is 0 Å². The van der Waals surface area contributed by atoms with Crippen LogP contribution in [0, 0.1) is 6.92 Å². The molecule has 104 valence electrons. The van der Waals surface area contributed by atoms with Gasteiger partial charge in [-0.2, -0.15) is 0 Å². The first-order valence-corrected chi connectivity index (χ1v) is 7.67. The van der Waals surface area contributed by atoms with E-state index in [1.54, 1.807) is 30.3 Å². The lowest BCUT2D eigenvalue weighted by atomic mass is 10.1. The maximum atomic E-state index is 12.2. The summed E-state index contributed by atoms with van der Waals surface area (Å²) in [6.45, 7) is 1.86. The number of aryl methyl sites for hydroxylation is 1. The molecule has 0 unspecified atom stereocenters. The van der Waals surface area contributed by atoms with Gasteiger partial charge in [-0.15, -0.1) is 0 Å². The van der Waals surface area contributed by atoms with Crippen LogP contribution >= 0.6 is 43.5 Å². The highest BCUT2D eigenvalue weighted by Crippen LogP contribution is 2.33. The topological polar surface area (TPSA) is 55.1 Å². The lowest BCUT2D eigenvalue weighted by Crippen LogP contribution is -2.13. The molecule has 0 radical (unpaired) electrons. The van der Waals surface area contributed by atoms with E-state index in [9.17, 15) is 4.79 Å². The number of carbonyl (C=O) groups is 1. The molecule has 6 heteroatoms. The molecule has 2 rings (SSSR count). The van der Waals surface area contributed by atoms with Crippen LogP contribution in [0.2, 0.25) is 5.02 Å². The Kier molecular flexibility index (Phi) is 4.73. The number of benzene rings is 2. The maximum Gasteiger partial charge on any atom is 0.255 e. The number of nitrogens with one attached hydrogen (secondary N) is 1. The van der Waals surface area contributed by atoms with Gasteiger partial charge in [0.1, 0.15) is 0 Å². The van der Waals surface area contributed by atoms with Gasteiger partial charge in [0, 0.05) is 25.2 Å². The maximum absolute atomic E-state index is 12.2. The number of nitrogens with two attached hydrogens (primary N) is 1. The quantitative estimate of drug-likeness (QED) is 0.674. The van der Waals surface area contributed by atoms with Crippen molar-refractivity contribution in [1.82, 2.24) is 0 Å². The first-order chi connectivity index (χ1) is 9.38. The number of anilines is 2. The van der Waals surface area contributed by atoms with Crippen molar-refractivity contribution in [2.24, 2.45) is 0 Å². The number of halogens is 3. The highest BCUT2D eigenvalue weighted by molar-refractivity contribution is 9.11. The average molecular weight is 419 g/mol. The van der Waals surface area contributed by atoms with E-state index in [1.807, 2.05) is 6.92 Å². The molecule has 0 saturated carbocycles. The van der Waals surface area contributed by atoms with Gasteiger partial charge in [-0.3, -0.25) is 4.79 Å². The Balaban J connectivity index is 2.30. The molecule has 20 heavy (non-hydrogen) atoms. The molecule has 0 aromatic heterocycles. The molecule has 2 aromatic carbocycles. The van der Waals surface area contributed by atoms with Crippen LogP contribution in [-0.2, 0) is 0 Å². The minimum absolute atomic E-state index is 0.212. The van der Waals surface area contributed by atoms with E-state index >= 15 is 0 Å². The van der Waals surface area contributed by atoms with E-state index in [4.69, 9.17) is 17.3 Å². The third-order valence-corrected chi connectivity index (χ3v) is 4.40. The molecule has 0 aliphatic heterocycles. The number of nitrogen functional groups attached to an aromatic ring is 1. The number of hydrogen-bond acceptors (Lipinski definition) is 2. The normalized spacial score (nSPS) is 10.4. The standard InChI is InChI=1S/C14H11Br2ClN2O/c1-7-4-8(2-3-12(7)17)14(20)19-13-10(15)5-9(18)6-11(13)16/h2-6H,18H2,1H3,(H,19,20). The molecular weight excluding hydrogens is 407 g/mol. The smallest absolute Gasteiger partial charge is 0.255 e. The summed E-state index contributed by atoms with van der Waals surface area (Å²) in [5.41, 5.74) is 8.36. The van der Waals surface area contributed by atoms with Crippen LogP contribution in [0.1, 0.15) is 15.9 Å². The van der Waals surface area contributed by atoms with Gasteiger partial charge >= 0.3 is 0 Å². The van der Waals surface area contributed by atoms with Crippen molar-refractivity contribution >= 4 is 60.7 Å². The van der Waals surface area contributed by atoms with Gasteiger partial charge in [0.25, 0.3) is 5.91 Å². The van der Waals surface area contributed by atoms with Crippen molar-refractivity contribution in [3.8, 4) is 0 Å². The molecule has 0 aliphatic rings. The minimum atomic E-state index is -0.212. The second-order valence-electron chi connectivity index (χ2n) is 4.28. The molecule has 0 spiro atoms. The SMILES string of the molecule is Cc1cc(C(=O)Nc2c(Br)cc(N)cc2Br)ccc1Cl. The number of carbonyl (C=O) groups excluding carboxylic acids is 1. The van der Waals surface area contributed by atoms with Gasteiger partial charge in [0.05, 0.1) is 5.69 Å². The Labute approximate surface area is 138 Å². The highest BCUT2D eigenvalue weighted by atomic mass is 79.9. The third-order valence-electron chi connectivity index (χ3n) is 2.72. The zero-order valence-electron chi connectivity index (χ0n) is 10.5. The van der Waals surface area contributed by atoms with E-state index in [0.717, 1.165) is 5.56 Å². The molecule has 3 nitrogen and oxygen atoms in total.